The van der Waals surface area contributed by atoms with Gasteiger partial charge in [-0.15, -0.1) is 11.8 Å². The van der Waals surface area contributed by atoms with Crippen LogP contribution in [0.3, 0.4) is 0 Å². The van der Waals surface area contributed by atoms with Gasteiger partial charge >= 0.3 is 53.9 Å². The number of imide groups is 1. The number of benzene rings is 3. The monoisotopic (exact) mass is 2040 g/mol. The second kappa shape index (κ2) is 77.9. The van der Waals surface area contributed by atoms with Gasteiger partial charge in [0.2, 0.25) is 41.9 Å². The Hall–Kier alpha value is -13.8. The Morgan fingerprint density at radius 3 is 1.60 bits per heavy atom. The summed E-state index contributed by atoms with van der Waals surface area (Å²) in [6.07, 6.45) is 20.9. The average molecular weight is 2050 g/mol. The molecule has 4 heterocycles. The van der Waals surface area contributed by atoms with Crippen molar-refractivity contribution in [3.63, 3.8) is 0 Å². The van der Waals surface area contributed by atoms with Crippen LogP contribution in [-0.4, -0.2) is 230 Å². The number of hydrogen-bond acceptors (Lipinski definition) is 32. The van der Waals surface area contributed by atoms with Crippen molar-refractivity contribution in [2.24, 2.45) is 57.4 Å². The molecule has 39 nitrogen and oxygen atoms in total. The maximum atomic E-state index is 12.8. The van der Waals surface area contributed by atoms with Crippen molar-refractivity contribution in [3.8, 4) is 0 Å². The molecule has 5 fully saturated rings. The number of aliphatic carboxylic acids is 3. The summed E-state index contributed by atoms with van der Waals surface area (Å²) < 4.78 is 18.9. The van der Waals surface area contributed by atoms with Gasteiger partial charge < -0.3 is 65.9 Å². The zero-order chi connectivity index (χ0) is 108. The van der Waals surface area contributed by atoms with Crippen LogP contribution in [0.2, 0.25) is 0 Å². The van der Waals surface area contributed by atoms with Crippen LogP contribution in [0.15, 0.2) is 164 Å². The smallest absolute Gasteiger partial charge is 0.405 e. The van der Waals surface area contributed by atoms with E-state index in [-0.39, 0.29) is 128 Å². The van der Waals surface area contributed by atoms with Crippen molar-refractivity contribution in [1.82, 2.24) is 15.5 Å². The molecule has 0 aromatic heterocycles. The van der Waals surface area contributed by atoms with Crippen LogP contribution in [0, 0.1) is 16.7 Å². The van der Waals surface area contributed by atoms with Crippen LogP contribution < -0.4 is 21.7 Å². The van der Waals surface area contributed by atoms with E-state index in [2.05, 4.69) is 145 Å². The SMILES string of the molecule is C=C1CCC(=O)O1.C=C1CCCC(=O)O1.C=C1CCCCC(=O)O1.C=C=NCC1(C)CC(N=C=O)CC(C)(C)C1.C=C=NCCCCCCN=C=O.C=C=Nc1ccc(Cc2ccc(N=C=O)cc2)cc1.C=NC(=O)CCCC(=O)O.CC(=O)CCCN1C(=O)CC(SCC(=O)O)C1=O.CC(=O)CCSSCCC(=O)O.CC(=O)OCc1ccc(NC(=O)C(CCCNC(N)=O)CC(=O)C(C)(C)NC(=O)O)cc1. The lowest BCUT2D eigenvalue weighted by atomic mass is 9.63. The highest BCUT2D eigenvalue weighted by molar-refractivity contribution is 8.76. The Labute approximate surface area is 846 Å². The molecule has 0 bridgehead atoms. The van der Waals surface area contributed by atoms with Gasteiger partial charge in [0.05, 0.1) is 59.9 Å². The first-order valence-electron chi connectivity index (χ1n) is 45.7. The largest absolute Gasteiger partial charge is 0.481 e. The lowest BCUT2D eigenvalue weighted by Crippen LogP contribution is -2.50. The molecule has 780 valence electrons. The number of carboxylic acid groups (broad SMARTS) is 4. The number of esters is 4. The van der Waals surface area contributed by atoms with Gasteiger partial charge in [0.1, 0.15) is 35.5 Å². The number of primary amides is 1. The number of aliphatic imine (C=N–C) groups is 7. The number of Topliss-reactive ketones (excluding diaryl/α,β-unsaturated/α-hetero) is 3. The van der Waals surface area contributed by atoms with Crippen LogP contribution in [0.5, 0.6) is 0 Å². The molecular weight excluding hydrogens is 1910 g/mol. The van der Waals surface area contributed by atoms with E-state index in [0.29, 0.717) is 105 Å². The lowest BCUT2D eigenvalue weighted by molar-refractivity contribution is -0.143. The van der Waals surface area contributed by atoms with E-state index >= 15 is 0 Å². The number of unbranched alkanes of at least 4 members (excludes halogenated alkanes) is 3. The molecule has 1 saturated carbocycles. The number of anilines is 1. The predicted octanol–water partition coefficient (Wildman–Crippen LogP) is 16.3. The number of carbonyl (C=O) groups excluding carboxylic acids is 15. The predicted molar refractivity (Wildman–Crippen MR) is 548 cm³/mol. The first-order chi connectivity index (χ1) is 67.6. The van der Waals surface area contributed by atoms with E-state index in [4.69, 9.17) is 35.6 Å². The zero-order valence-electron chi connectivity index (χ0n) is 82.8. The van der Waals surface area contributed by atoms with Gasteiger partial charge in [-0.25, -0.2) is 53.9 Å². The number of carboxylic acids is 3. The standard InChI is InChI=1S/C21H30N4O7.C16H12N2O.C13H20N2O.C11H15NO5S.C9H14N2O.C7H12O3S2.C7H10O2.C6H9NO3.C6H8O2.C5H6O2/c1-13(26)32-12-14-6-8-16(9-7-14)24-18(28)15(5-4-10-23-19(22)29)11-17(27)21(2,3)25-20(30)31;1-2-17-15-7-3-13(4-8-15)11-14-5-9-16(10-6-14)18-12-19;1-5-14-9-13(4)7-11(15-10-16)6-12(2,3)8-13;1-7(13)3-2-4-12-9(14)5-8(11(12)17)18-6-10(15)16;1-2-10-7-5-3-4-6-8-11-9-12;1-6(8)2-4-11-12-5-3-7(9)10;1-6-4-2-3-5-7(8)9-6;1-7-5(8)3-2-4-6(9)10;1-5-3-2-4-6(7)8-5;1-4-2-3-5(6)7-4/h6-9,15,25H,4-5,10-12H2,1-3H3,(H,24,28)(H,30,31)(H3,22,23,29);3-10H,1,11H2;11H,1,6-9H2,2-4H3;8H,2-6H2,1H3,(H,15,16);1,3-8H2;2-5H2,1H3,(H,9,10);1-5H2;1-4H2,(H,9,10);1-4H2;1-3H2. The molecule has 4 aliphatic heterocycles. The van der Waals surface area contributed by atoms with Gasteiger partial charge in [0, 0.05) is 120 Å². The lowest BCUT2D eigenvalue weighted by Gasteiger charge is -2.44. The molecular formula is C101H136N12O27S3. The topological polar surface area (TPSA) is 594 Å². The number of urea groups is 1. The number of nitrogens with two attached hydrogens (primary N) is 1. The molecule has 4 unspecified atom stereocenters. The average Bonchev–Trinajstić information content (AvgIpc) is 1.05. The minimum Gasteiger partial charge on any atom is -0.481 e. The highest BCUT2D eigenvalue weighted by Gasteiger charge is 2.42. The van der Waals surface area contributed by atoms with Gasteiger partial charge in [-0.05, 0) is 219 Å². The fourth-order valence-electron chi connectivity index (χ4n) is 13.2. The number of thioether (sulfide) groups is 1. The third-order valence-electron chi connectivity index (χ3n) is 19.8. The van der Waals surface area contributed by atoms with Gasteiger partial charge in [-0.1, -0.05) is 111 Å². The number of ketones is 3. The van der Waals surface area contributed by atoms with Crippen molar-refractivity contribution in [3.05, 3.63) is 146 Å². The molecule has 8 rings (SSSR count). The Bertz CT molecular complexity index is 4850. The number of ether oxygens (including phenoxy) is 4. The maximum Gasteiger partial charge on any atom is 0.405 e. The fourth-order valence-corrected chi connectivity index (χ4v) is 16.1. The molecule has 1 aliphatic carbocycles. The summed E-state index contributed by atoms with van der Waals surface area (Å²) in [6.45, 7) is 40.4. The number of nitrogens with zero attached hydrogens (tertiary/aromatic N) is 8. The Morgan fingerprint density at radius 1 is 0.594 bits per heavy atom. The fraction of sp³-hybridized carbons (Fsp3) is 0.505. The number of carbonyl (C=O) groups is 16. The first-order valence-corrected chi connectivity index (χ1v) is 49.2. The van der Waals surface area contributed by atoms with Crippen molar-refractivity contribution < 1.29 is 130 Å². The van der Waals surface area contributed by atoms with Gasteiger partial charge in [-0.3, -0.25) is 67.2 Å². The highest BCUT2D eigenvalue weighted by Crippen LogP contribution is 2.47. The summed E-state index contributed by atoms with van der Waals surface area (Å²) >= 11 is 0.969. The van der Waals surface area contributed by atoms with Crippen LogP contribution in [0.1, 0.15) is 245 Å². The quantitative estimate of drug-likeness (QED) is 0.00496. The second-order valence-electron chi connectivity index (χ2n) is 33.8. The normalized spacial score (nSPS) is 15.5. The van der Waals surface area contributed by atoms with Crippen molar-refractivity contribution >= 4 is 188 Å². The number of cyclic esters (lactones) is 3. The summed E-state index contributed by atoms with van der Waals surface area (Å²) in [7, 11) is 3.06. The number of likely N-dealkylation sites (tertiary alicyclic amines) is 1. The summed E-state index contributed by atoms with van der Waals surface area (Å²) in [6, 6.07) is 21.5. The third-order valence-corrected chi connectivity index (χ3v) is 23.4. The van der Waals surface area contributed by atoms with E-state index < -0.39 is 64.4 Å². The number of hydrogen-bond donors (Lipinski definition) is 8. The summed E-state index contributed by atoms with van der Waals surface area (Å²) in [4.78, 5) is 232. The number of nitrogens with one attached hydrogen (secondary N) is 3. The zero-order valence-corrected chi connectivity index (χ0v) is 85.3. The summed E-state index contributed by atoms with van der Waals surface area (Å²) in [5.74, 6) is 4.73. The van der Waals surface area contributed by atoms with Crippen LogP contribution in [-0.2, 0) is 113 Å². The molecule has 0 radical (unpaired) electrons. The maximum absolute atomic E-state index is 12.8. The number of amides is 7. The van der Waals surface area contributed by atoms with Gasteiger partial charge in [-0.2, -0.15) is 4.99 Å². The third kappa shape index (κ3) is 72.2. The molecule has 42 heteroatoms. The molecule has 4 atom stereocenters. The molecule has 3 aromatic rings. The first kappa shape index (κ1) is 131. The van der Waals surface area contributed by atoms with Crippen LogP contribution >= 0.6 is 33.3 Å². The van der Waals surface area contributed by atoms with Crippen LogP contribution in [0.25, 0.3) is 0 Å². The Balaban J connectivity index is 0. The van der Waals surface area contributed by atoms with E-state index in [9.17, 15) is 91.1 Å². The van der Waals surface area contributed by atoms with Gasteiger partial charge in [0.15, 0.2) is 5.78 Å². The molecule has 5 aliphatic rings. The van der Waals surface area contributed by atoms with Crippen molar-refractivity contribution in [2.45, 2.75) is 259 Å². The van der Waals surface area contributed by atoms with E-state index in [0.717, 1.165) is 129 Å². The Kier molecular flexibility index (Phi) is 71.5. The van der Waals surface area contributed by atoms with Gasteiger partial charge in [0.25, 0.3) is 0 Å². The summed E-state index contributed by atoms with van der Waals surface area (Å²) in [5.41, 5.74) is 8.99. The minimum absolute atomic E-state index is 0.0151. The Morgan fingerprint density at radius 2 is 1.13 bits per heavy atom. The van der Waals surface area contributed by atoms with Crippen molar-refractivity contribution in [2.75, 3.05) is 55.3 Å². The molecule has 9 N–H and O–H groups in total. The molecule has 4 saturated heterocycles. The molecule has 3 aromatic carbocycles. The van der Waals surface area contributed by atoms with E-state index in [1.807, 2.05) is 36.4 Å². The molecule has 0 spiro atoms. The summed E-state index contributed by atoms with van der Waals surface area (Å²) in [5, 5.41) is 40.6. The number of rotatable bonds is 44. The molecule has 7 amide bonds. The number of isocyanates is 3. The van der Waals surface area contributed by atoms with E-state index in [1.165, 1.54) is 56.2 Å². The van der Waals surface area contributed by atoms with Crippen LogP contribution in [0.4, 0.5) is 26.7 Å². The highest BCUT2D eigenvalue weighted by atomic mass is 33.1. The second-order valence-corrected chi connectivity index (χ2v) is 37.7. The number of allylic oxidation sites excluding steroid dienone is 3. The van der Waals surface area contributed by atoms with E-state index in [1.54, 1.807) is 60.2 Å². The van der Waals surface area contributed by atoms with Crippen molar-refractivity contribution in [1.29, 1.82) is 0 Å². The minimum atomic E-state index is -1.37. The molecule has 143 heavy (non-hydrogen) atoms.